The number of hydrogen-bond donors (Lipinski definition) is 2. The third-order valence-corrected chi connectivity index (χ3v) is 5.76. The minimum absolute atomic E-state index is 0.210. The van der Waals surface area contributed by atoms with Crippen LogP contribution in [0.5, 0.6) is 23.0 Å². The van der Waals surface area contributed by atoms with Crippen LogP contribution in [0.1, 0.15) is 34.8 Å². The zero-order chi connectivity index (χ0) is 27.5. The van der Waals surface area contributed by atoms with Gasteiger partial charge in [-0.3, -0.25) is 9.59 Å². The number of anilines is 1. The molecule has 0 spiro atoms. The van der Waals surface area contributed by atoms with Crippen LogP contribution in [-0.4, -0.2) is 45.5 Å². The van der Waals surface area contributed by atoms with E-state index in [1.54, 1.807) is 30.3 Å². The van der Waals surface area contributed by atoms with Crippen molar-refractivity contribution in [2.24, 2.45) is 5.10 Å². The van der Waals surface area contributed by atoms with Crippen molar-refractivity contribution in [3.8, 4) is 23.0 Å². The van der Waals surface area contributed by atoms with Crippen LogP contribution in [0.3, 0.4) is 0 Å². The quantitative estimate of drug-likeness (QED) is 0.220. The molecule has 0 fully saturated rings. The Labute approximate surface area is 230 Å². The summed E-state index contributed by atoms with van der Waals surface area (Å²) < 4.78 is 22.6. The number of rotatable bonds is 12. The van der Waals surface area contributed by atoms with E-state index in [9.17, 15) is 9.59 Å². The highest BCUT2D eigenvalue weighted by molar-refractivity contribution is 9.10. The fourth-order valence-electron chi connectivity index (χ4n) is 3.38. The fraction of sp³-hybridized carbons (Fsp3) is 0.250. The van der Waals surface area contributed by atoms with Gasteiger partial charge in [0.15, 0.2) is 29.6 Å². The molecular formula is C28H30BrN3O6. The first-order valence-electron chi connectivity index (χ1n) is 11.9. The first kappa shape index (κ1) is 28.5. The van der Waals surface area contributed by atoms with E-state index < -0.39 is 5.91 Å². The summed E-state index contributed by atoms with van der Waals surface area (Å²) in [6.07, 6.45) is 2.33. The van der Waals surface area contributed by atoms with E-state index in [0.717, 1.165) is 12.0 Å². The lowest BCUT2D eigenvalue weighted by Gasteiger charge is -2.13. The minimum atomic E-state index is -0.410. The van der Waals surface area contributed by atoms with Crippen molar-refractivity contribution in [2.75, 3.05) is 32.8 Å². The fourth-order valence-corrected chi connectivity index (χ4v) is 3.96. The smallest absolute Gasteiger partial charge is 0.271 e. The number of methoxy groups -OCH3 is 2. The number of nitrogens with zero attached hydrogens (tertiary/aromatic N) is 1. The molecule has 3 rings (SSSR count). The Morgan fingerprint density at radius 3 is 2.47 bits per heavy atom. The predicted molar refractivity (Wildman–Crippen MR) is 150 cm³/mol. The predicted octanol–water partition coefficient (Wildman–Crippen LogP) is 5.34. The molecular weight excluding hydrogens is 554 g/mol. The summed E-state index contributed by atoms with van der Waals surface area (Å²) in [5.41, 5.74) is 5.22. The van der Waals surface area contributed by atoms with Gasteiger partial charge in [0.1, 0.15) is 0 Å². The highest BCUT2D eigenvalue weighted by Crippen LogP contribution is 2.36. The number of carbonyl (C=O) groups is 2. The van der Waals surface area contributed by atoms with Crippen LogP contribution in [0.25, 0.3) is 0 Å². The van der Waals surface area contributed by atoms with Crippen LogP contribution in [0.2, 0.25) is 0 Å². The Kier molecular flexibility index (Phi) is 10.5. The molecule has 0 aromatic heterocycles. The number of amides is 2. The maximum Gasteiger partial charge on any atom is 0.271 e. The van der Waals surface area contributed by atoms with Gasteiger partial charge in [0, 0.05) is 11.3 Å². The molecule has 0 saturated carbocycles. The molecule has 0 aliphatic heterocycles. The third-order valence-electron chi connectivity index (χ3n) is 5.17. The Bertz CT molecular complexity index is 1310. The Morgan fingerprint density at radius 2 is 1.76 bits per heavy atom. The van der Waals surface area contributed by atoms with Crippen molar-refractivity contribution in [2.45, 2.75) is 20.3 Å². The van der Waals surface area contributed by atoms with Gasteiger partial charge in [-0.2, -0.15) is 5.10 Å². The summed E-state index contributed by atoms with van der Waals surface area (Å²) in [7, 11) is 3.01. The average Bonchev–Trinajstić information content (AvgIpc) is 2.90. The van der Waals surface area contributed by atoms with Crippen molar-refractivity contribution < 1.29 is 28.5 Å². The van der Waals surface area contributed by atoms with Crippen LogP contribution >= 0.6 is 15.9 Å². The van der Waals surface area contributed by atoms with Gasteiger partial charge in [-0.05, 0) is 82.9 Å². The van der Waals surface area contributed by atoms with E-state index in [0.29, 0.717) is 50.9 Å². The van der Waals surface area contributed by atoms with Crippen molar-refractivity contribution in [1.29, 1.82) is 0 Å². The van der Waals surface area contributed by atoms with Gasteiger partial charge in [-0.25, -0.2) is 5.43 Å². The molecule has 200 valence electrons. The summed E-state index contributed by atoms with van der Waals surface area (Å²) in [4.78, 5) is 24.9. The molecule has 0 atom stereocenters. The lowest BCUT2D eigenvalue weighted by Crippen LogP contribution is -2.20. The Balaban J connectivity index is 1.62. The molecule has 0 aliphatic rings. The summed E-state index contributed by atoms with van der Waals surface area (Å²) in [5.74, 6) is 1.08. The number of benzene rings is 3. The Morgan fingerprint density at radius 1 is 0.974 bits per heavy atom. The average molecular weight is 584 g/mol. The SMILES string of the molecule is CCCOc1ccc(C(=O)N/N=C/c2cc(Br)c(OCC(=O)Nc3cccc(C)c3)c(OC)c2)cc1OC. The van der Waals surface area contributed by atoms with Crippen molar-refractivity contribution >= 4 is 39.6 Å². The molecule has 3 aromatic rings. The summed E-state index contributed by atoms with van der Waals surface area (Å²) >= 11 is 3.45. The highest BCUT2D eigenvalue weighted by atomic mass is 79.9. The molecule has 3 aromatic carbocycles. The van der Waals surface area contributed by atoms with E-state index in [1.165, 1.54) is 20.4 Å². The van der Waals surface area contributed by atoms with Gasteiger partial charge < -0.3 is 24.3 Å². The van der Waals surface area contributed by atoms with Gasteiger partial charge in [0.25, 0.3) is 11.8 Å². The first-order chi connectivity index (χ1) is 18.3. The Hall–Kier alpha value is -4.05. The van der Waals surface area contributed by atoms with E-state index in [1.807, 2.05) is 38.1 Å². The zero-order valence-corrected chi connectivity index (χ0v) is 23.3. The number of carbonyl (C=O) groups excluding carboxylic acids is 2. The second-order valence-electron chi connectivity index (χ2n) is 8.15. The van der Waals surface area contributed by atoms with Crippen molar-refractivity contribution in [3.05, 3.63) is 75.8 Å². The van der Waals surface area contributed by atoms with Crippen LogP contribution in [-0.2, 0) is 4.79 Å². The number of ether oxygens (including phenoxy) is 4. The number of hydrogen-bond acceptors (Lipinski definition) is 7. The van der Waals surface area contributed by atoms with E-state index in [-0.39, 0.29) is 12.5 Å². The number of hydrazone groups is 1. The molecule has 9 nitrogen and oxygen atoms in total. The van der Waals surface area contributed by atoms with Crippen LogP contribution in [0, 0.1) is 6.92 Å². The zero-order valence-electron chi connectivity index (χ0n) is 21.7. The lowest BCUT2D eigenvalue weighted by molar-refractivity contribution is -0.118. The monoisotopic (exact) mass is 583 g/mol. The van der Waals surface area contributed by atoms with E-state index >= 15 is 0 Å². The van der Waals surface area contributed by atoms with E-state index in [2.05, 4.69) is 31.8 Å². The number of halogens is 1. The summed E-state index contributed by atoms with van der Waals surface area (Å²) in [5, 5.41) is 6.84. The molecule has 2 amide bonds. The minimum Gasteiger partial charge on any atom is -0.493 e. The van der Waals surface area contributed by atoms with Crippen molar-refractivity contribution in [1.82, 2.24) is 5.43 Å². The lowest BCUT2D eigenvalue weighted by atomic mass is 10.2. The molecule has 0 saturated heterocycles. The normalized spacial score (nSPS) is 10.7. The first-order valence-corrected chi connectivity index (χ1v) is 12.6. The molecule has 0 heterocycles. The molecule has 38 heavy (non-hydrogen) atoms. The van der Waals surface area contributed by atoms with Gasteiger partial charge in [0.2, 0.25) is 0 Å². The van der Waals surface area contributed by atoms with Crippen molar-refractivity contribution in [3.63, 3.8) is 0 Å². The standard InChI is InChI=1S/C28H30BrN3O6/c1-5-11-37-23-10-9-20(15-24(23)35-3)28(34)32-30-16-19-13-22(29)27(25(14-19)36-4)38-17-26(33)31-21-8-6-7-18(2)12-21/h6-10,12-16H,5,11,17H2,1-4H3,(H,31,33)(H,32,34)/b30-16+. The van der Waals surface area contributed by atoms with E-state index in [4.69, 9.17) is 18.9 Å². The van der Waals surface area contributed by atoms with Gasteiger partial charge in [-0.15, -0.1) is 0 Å². The van der Waals surface area contributed by atoms with Gasteiger partial charge in [0.05, 0.1) is 31.5 Å². The summed E-state index contributed by atoms with van der Waals surface area (Å²) in [6, 6.07) is 15.8. The van der Waals surface area contributed by atoms with Crippen LogP contribution < -0.4 is 29.7 Å². The van der Waals surface area contributed by atoms with Crippen LogP contribution in [0.15, 0.2) is 64.2 Å². The molecule has 0 bridgehead atoms. The largest absolute Gasteiger partial charge is 0.493 e. The topological polar surface area (TPSA) is 107 Å². The molecule has 0 unspecified atom stereocenters. The molecule has 0 aliphatic carbocycles. The highest BCUT2D eigenvalue weighted by Gasteiger charge is 2.14. The number of aryl methyl sites for hydroxylation is 1. The maximum atomic E-state index is 12.6. The molecule has 2 N–H and O–H groups in total. The second kappa shape index (κ2) is 14.0. The summed E-state index contributed by atoms with van der Waals surface area (Å²) in [6.45, 7) is 4.30. The molecule has 10 heteroatoms. The second-order valence-corrected chi connectivity index (χ2v) is 9.01. The van der Waals surface area contributed by atoms with Gasteiger partial charge >= 0.3 is 0 Å². The number of nitrogens with one attached hydrogen (secondary N) is 2. The van der Waals surface area contributed by atoms with Crippen LogP contribution in [0.4, 0.5) is 5.69 Å². The third kappa shape index (κ3) is 7.97. The maximum absolute atomic E-state index is 12.6. The van der Waals surface area contributed by atoms with Gasteiger partial charge in [-0.1, -0.05) is 19.1 Å². The molecule has 0 radical (unpaired) electrons.